The standard InChI is InChI=1S/C14H16BrF2N3/c1-4-18-14(11-7-8(2)19-20(11)3)12-10(16)6-5-9(15)13(12)17/h5-7,14,18H,4H2,1-3H3. The van der Waals surface area contributed by atoms with Crippen LogP contribution < -0.4 is 5.32 Å². The summed E-state index contributed by atoms with van der Waals surface area (Å²) in [5.41, 5.74) is 1.53. The predicted molar refractivity (Wildman–Crippen MR) is 77.5 cm³/mol. The Balaban J connectivity index is 2.60. The van der Waals surface area contributed by atoms with Gasteiger partial charge >= 0.3 is 0 Å². The molecule has 20 heavy (non-hydrogen) atoms. The first kappa shape index (κ1) is 15.1. The Morgan fingerprint density at radius 2 is 2.10 bits per heavy atom. The molecule has 1 unspecified atom stereocenters. The lowest BCUT2D eigenvalue weighted by Crippen LogP contribution is -2.26. The number of nitrogens with one attached hydrogen (secondary N) is 1. The fraction of sp³-hybridized carbons (Fsp3) is 0.357. The molecule has 0 amide bonds. The van der Waals surface area contributed by atoms with E-state index >= 15 is 0 Å². The van der Waals surface area contributed by atoms with Crippen LogP contribution in [0.15, 0.2) is 22.7 Å². The zero-order valence-electron chi connectivity index (χ0n) is 11.5. The molecule has 0 fully saturated rings. The van der Waals surface area contributed by atoms with Crippen molar-refractivity contribution in [3.05, 3.63) is 51.3 Å². The topological polar surface area (TPSA) is 29.9 Å². The lowest BCUT2D eigenvalue weighted by molar-refractivity contribution is 0.490. The summed E-state index contributed by atoms with van der Waals surface area (Å²) >= 11 is 3.10. The summed E-state index contributed by atoms with van der Waals surface area (Å²) in [6, 6.07) is 3.87. The molecular formula is C14H16BrF2N3. The Labute approximate surface area is 125 Å². The Kier molecular flexibility index (Phi) is 4.55. The minimum absolute atomic E-state index is 0.00391. The van der Waals surface area contributed by atoms with Crippen LogP contribution >= 0.6 is 15.9 Å². The summed E-state index contributed by atoms with van der Waals surface area (Å²) < 4.78 is 30.3. The van der Waals surface area contributed by atoms with Gasteiger partial charge in [0.2, 0.25) is 0 Å². The zero-order chi connectivity index (χ0) is 14.9. The largest absolute Gasteiger partial charge is 0.305 e. The minimum atomic E-state index is -0.588. The van der Waals surface area contributed by atoms with Crippen molar-refractivity contribution in [1.82, 2.24) is 15.1 Å². The number of hydrogen-bond acceptors (Lipinski definition) is 2. The molecule has 2 rings (SSSR count). The van der Waals surface area contributed by atoms with Gasteiger partial charge in [-0.05, 0) is 47.6 Å². The lowest BCUT2D eigenvalue weighted by Gasteiger charge is -2.20. The van der Waals surface area contributed by atoms with E-state index in [1.165, 1.54) is 12.1 Å². The zero-order valence-corrected chi connectivity index (χ0v) is 13.1. The predicted octanol–water partition coefficient (Wildman–Crippen LogP) is 3.47. The van der Waals surface area contributed by atoms with Gasteiger partial charge in [0, 0.05) is 12.6 Å². The second kappa shape index (κ2) is 6.01. The number of benzene rings is 1. The van der Waals surface area contributed by atoms with Gasteiger partial charge in [0.05, 0.1) is 21.9 Å². The Morgan fingerprint density at radius 3 is 2.65 bits per heavy atom. The molecule has 1 atom stereocenters. The van der Waals surface area contributed by atoms with E-state index in [9.17, 15) is 8.78 Å². The van der Waals surface area contributed by atoms with Gasteiger partial charge in [0.1, 0.15) is 11.6 Å². The Morgan fingerprint density at radius 1 is 1.40 bits per heavy atom. The van der Waals surface area contributed by atoms with E-state index in [0.717, 1.165) is 11.4 Å². The van der Waals surface area contributed by atoms with Gasteiger partial charge < -0.3 is 5.32 Å². The van der Waals surface area contributed by atoms with Crippen LogP contribution in [0.2, 0.25) is 0 Å². The molecule has 0 saturated carbocycles. The average Bonchev–Trinajstić information content (AvgIpc) is 2.72. The summed E-state index contributed by atoms with van der Waals surface area (Å²) in [5, 5.41) is 7.36. The SMILES string of the molecule is CCNC(c1c(F)ccc(Br)c1F)c1cc(C)nn1C. The number of halogens is 3. The van der Waals surface area contributed by atoms with Crippen LogP contribution in [-0.2, 0) is 7.05 Å². The van der Waals surface area contributed by atoms with E-state index in [-0.39, 0.29) is 10.0 Å². The third-order valence-electron chi connectivity index (χ3n) is 3.11. The molecule has 2 aromatic rings. The molecule has 0 bridgehead atoms. The maximum atomic E-state index is 14.3. The maximum absolute atomic E-state index is 14.3. The Bertz CT molecular complexity index is 625. The van der Waals surface area contributed by atoms with E-state index in [1.54, 1.807) is 11.7 Å². The smallest absolute Gasteiger partial charge is 0.145 e. The van der Waals surface area contributed by atoms with E-state index in [0.29, 0.717) is 6.54 Å². The first-order chi connectivity index (χ1) is 9.45. The minimum Gasteiger partial charge on any atom is -0.305 e. The molecular weight excluding hydrogens is 328 g/mol. The molecule has 108 valence electrons. The number of aromatic nitrogens is 2. The van der Waals surface area contributed by atoms with Crippen molar-refractivity contribution >= 4 is 15.9 Å². The van der Waals surface area contributed by atoms with Crippen LogP contribution in [0, 0.1) is 18.6 Å². The monoisotopic (exact) mass is 343 g/mol. The number of aryl methyl sites for hydroxylation is 2. The van der Waals surface area contributed by atoms with Crippen LogP contribution in [0.1, 0.15) is 29.9 Å². The van der Waals surface area contributed by atoms with Gasteiger partial charge in [0.15, 0.2) is 0 Å². The molecule has 0 saturated heterocycles. The van der Waals surface area contributed by atoms with E-state index in [1.807, 2.05) is 19.9 Å². The summed E-state index contributed by atoms with van der Waals surface area (Å²) in [7, 11) is 1.76. The van der Waals surface area contributed by atoms with E-state index in [2.05, 4.69) is 26.3 Å². The van der Waals surface area contributed by atoms with Gasteiger partial charge in [-0.25, -0.2) is 8.78 Å². The molecule has 1 aromatic heterocycles. The van der Waals surface area contributed by atoms with E-state index < -0.39 is 17.7 Å². The second-order valence-corrected chi connectivity index (χ2v) is 5.44. The first-order valence-corrected chi connectivity index (χ1v) is 7.12. The fourth-order valence-electron chi connectivity index (χ4n) is 2.27. The van der Waals surface area contributed by atoms with Gasteiger partial charge in [-0.3, -0.25) is 4.68 Å². The molecule has 6 heteroatoms. The van der Waals surface area contributed by atoms with Crippen molar-refractivity contribution in [3.8, 4) is 0 Å². The molecule has 0 spiro atoms. The summed E-state index contributed by atoms with van der Waals surface area (Å²) in [6.45, 7) is 4.32. The molecule has 1 aromatic carbocycles. The van der Waals surface area contributed by atoms with Crippen LogP contribution in [0.4, 0.5) is 8.78 Å². The fourth-order valence-corrected chi connectivity index (χ4v) is 2.61. The van der Waals surface area contributed by atoms with Crippen molar-refractivity contribution in [2.24, 2.45) is 7.05 Å². The van der Waals surface area contributed by atoms with Crippen LogP contribution in [0.25, 0.3) is 0 Å². The highest BCUT2D eigenvalue weighted by Gasteiger charge is 2.25. The first-order valence-electron chi connectivity index (χ1n) is 6.33. The molecule has 0 aliphatic carbocycles. The van der Waals surface area contributed by atoms with Crippen LogP contribution in [-0.4, -0.2) is 16.3 Å². The summed E-state index contributed by atoms with van der Waals surface area (Å²) in [4.78, 5) is 0. The highest BCUT2D eigenvalue weighted by atomic mass is 79.9. The molecule has 0 aliphatic heterocycles. The van der Waals surface area contributed by atoms with Gasteiger partial charge in [-0.1, -0.05) is 6.92 Å². The number of hydrogen-bond donors (Lipinski definition) is 1. The second-order valence-electron chi connectivity index (χ2n) is 4.58. The van der Waals surface area contributed by atoms with Crippen molar-refractivity contribution in [1.29, 1.82) is 0 Å². The quantitative estimate of drug-likeness (QED) is 0.861. The number of rotatable bonds is 4. The molecule has 0 aliphatic rings. The highest BCUT2D eigenvalue weighted by Crippen LogP contribution is 2.30. The molecule has 0 radical (unpaired) electrons. The van der Waals surface area contributed by atoms with Gasteiger partial charge in [-0.15, -0.1) is 0 Å². The van der Waals surface area contributed by atoms with Gasteiger partial charge in [0.25, 0.3) is 0 Å². The van der Waals surface area contributed by atoms with Crippen molar-refractivity contribution < 1.29 is 8.78 Å². The Hall–Kier alpha value is -1.27. The highest BCUT2D eigenvalue weighted by molar-refractivity contribution is 9.10. The van der Waals surface area contributed by atoms with Crippen LogP contribution in [0.3, 0.4) is 0 Å². The molecule has 1 N–H and O–H groups in total. The van der Waals surface area contributed by atoms with Crippen molar-refractivity contribution in [2.75, 3.05) is 6.54 Å². The lowest BCUT2D eigenvalue weighted by atomic mass is 10.0. The third-order valence-corrected chi connectivity index (χ3v) is 3.72. The molecule has 3 nitrogen and oxygen atoms in total. The van der Waals surface area contributed by atoms with Gasteiger partial charge in [-0.2, -0.15) is 5.10 Å². The maximum Gasteiger partial charge on any atom is 0.145 e. The van der Waals surface area contributed by atoms with Crippen molar-refractivity contribution in [3.63, 3.8) is 0 Å². The average molecular weight is 344 g/mol. The van der Waals surface area contributed by atoms with Crippen molar-refractivity contribution in [2.45, 2.75) is 19.9 Å². The third kappa shape index (κ3) is 2.76. The summed E-state index contributed by atoms with van der Waals surface area (Å²) in [6.07, 6.45) is 0. The van der Waals surface area contributed by atoms with Crippen LogP contribution in [0.5, 0.6) is 0 Å². The molecule has 1 heterocycles. The number of nitrogens with zero attached hydrogens (tertiary/aromatic N) is 2. The van der Waals surface area contributed by atoms with E-state index in [4.69, 9.17) is 0 Å². The normalized spacial score (nSPS) is 12.7. The summed E-state index contributed by atoms with van der Waals surface area (Å²) in [5.74, 6) is -1.16.